The van der Waals surface area contributed by atoms with Gasteiger partial charge in [-0.1, -0.05) is 0 Å². The molecule has 0 spiro atoms. The summed E-state index contributed by atoms with van der Waals surface area (Å²) in [5.74, 6) is 0. The molecule has 0 atom stereocenters. The molecule has 0 radical (unpaired) electrons. The second-order valence-corrected chi connectivity index (χ2v) is 5.34. The largest absolute Gasteiger partial charge is 0.376 e. The van der Waals surface area contributed by atoms with Crippen molar-refractivity contribution in [1.29, 1.82) is 0 Å². The lowest BCUT2D eigenvalue weighted by Crippen LogP contribution is -1.96. The van der Waals surface area contributed by atoms with Crippen LogP contribution in [0.25, 0.3) is 0 Å². The van der Waals surface area contributed by atoms with Gasteiger partial charge in [0.1, 0.15) is 0 Å². The van der Waals surface area contributed by atoms with E-state index in [0.717, 1.165) is 19.4 Å². The van der Waals surface area contributed by atoms with E-state index < -0.39 is 0 Å². The normalized spacial score (nSPS) is 10.7. The number of rotatable bonds is 7. The van der Waals surface area contributed by atoms with Crippen LogP contribution in [-0.2, 0) is 24.3 Å². The number of aromatic nitrogens is 1. The second-order valence-electron chi connectivity index (χ2n) is 4.08. The van der Waals surface area contributed by atoms with Crippen molar-refractivity contribution in [3.8, 4) is 0 Å². The molecule has 0 fully saturated rings. The van der Waals surface area contributed by atoms with Crippen LogP contribution in [-0.4, -0.2) is 11.6 Å². The van der Waals surface area contributed by atoms with E-state index in [1.165, 1.54) is 15.3 Å². The zero-order valence-electron chi connectivity index (χ0n) is 10.3. The van der Waals surface area contributed by atoms with Crippen molar-refractivity contribution in [2.24, 2.45) is 5.73 Å². The van der Waals surface area contributed by atoms with E-state index in [9.17, 15) is 0 Å². The fourth-order valence-electron chi connectivity index (χ4n) is 1.71. The van der Waals surface area contributed by atoms with E-state index in [-0.39, 0.29) is 0 Å². The molecular weight excluding hydrogens is 244 g/mol. The van der Waals surface area contributed by atoms with E-state index in [4.69, 9.17) is 10.5 Å². The van der Waals surface area contributed by atoms with Crippen LogP contribution in [0.1, 0.15) is 21.7 Å². The number of hydrogen-bond acceptors (Lipinski definition) is 4. The Morgan fingerprint density at radius 2 is 1.89 bits per heavy atom. The lowest BCUT2D eigenvalue weighted by atomic mass is 10.1. The Bertz CT molecular complexity index is 456. The van der Waals surface area contributed by atoms with Gasteiger partial charge in [0.25, 0.3) is 0 Å². The predicted molar refractivity (Wildman–Crippen MR) is 74.4 cm³/mol. The van der Waals surface area contributed by atoms with E-state index in [1.54, 1.807) is 11.3 Å². The van der Waals surface area contributed by atoms with Crippen LogP contribution in [0.4, 0.5) is 0 Å². The number of thiophene rings is 1. The smallest absolute Gasteiger partial charge is 0.0809 e. The summed E-state index contributed by atoms with van der Waals surface area (Å²) >= 11 is 1.73. The van der Waals surface area contributed by atoms with Crippen LogP contribution in [0.2, 0.25) is 0 Å². The summed E-state index contributed by atoms with van der Waals surface area (Å²) in [5, 5.41) is 0. The molecule has 0 saturated carbocycles. The predicted octanol–water partition coefficient (Wildman–Crippen LogP) is 2.75. The second kappa shape index (κ2) is 7.26. The molecule has 18 heavy (non-hydrogen) atoms. The van der Waals surface area contributed by atoms with Crippen LogP contribution in [0.3, 0.4) is 0 Å². The monoisotopic (exact) mass is 262 g/mol. The molecule has 2 heterocycles. The molecule has 0 bridgehead atoms. The number of ether oxygens (including phenoxy) is 1. The van der Waals surface area contributed by atoms with Crippen molar-refractivity contribution in [3.05, 3.63) is 52.0 Å². The van der Waals surface area contributed by atoms with Crippen molar-refractivity contribution in [1.82, 2.24) is 4.98 Å². The molecule has 0 saturated heterocycles. The molecule has 2 N–H and O–H groups in total. The summed E-state index contributed by atoms with van der Waals surface area (Å²) in [4.78, 5) is 6.46. The van der Waals surface area contributed by atoms with Crippen LogP contribution in [0.5, 0.6) is 0 Å². The molecule has 4 heteroatoms. The molecule has 0 aromatic carbocycles. The van der Waals surface area contributed by atoms with Gasteiger partial charge in [0, 0.05) is 35.3 Å². The first kappa shape index (κ1) is 13.2. The van der Waals surface area contributed by atoms with Gasteiger partial charge >= 0.3 is 0 Å². The molecule has 0 amide bonds. The summed E-state index contributed by atoms with van der Waals surface area (Å²) in [6.45, 7) is 2.10. The molecule has 3 nitrogen and oxygen atoms in total. The van der Waals surface area contributed by atoms with Crippen LogP contribution >= 0.6 is 11.3 Å². The van der Waals surface area contributed by atoms with Gasteiger partial charge in [0.05, 0.1) is 6.61 Å². The Balaban J connectivity index is 1.61. The minimum Gasteiger partial charge on any atom is -0.376 e. The first-order chi connectivity index (χ1) is 8.88. The van der Waals surface area contributed by atoms with Gasteiger partial charge in [-0.25, -0.2) is 0 Å². The van der Waals surface area contributed by atoms with Crippen LogP contribution in [0.15, 0.2) is 36.7 Å². The van der Waals surface area contributed by atoms with Gasteiger partial charge in [0.15, 0.2) is 0 Å². The van der Waals surface area contributed by atoms with Gasteiger partial charge in [-0.15, -0.1) is 11.3 Å². The molecular formula is C14H18N2OS. The lowest BCUT2D eigenvalue weighted by molar-refractivity contribution is 0.121. The third-order valence-corrected chi connectivity index (χ3v) is 3.75. The molecule has 2 aromatic rings. The quantitative estimate of drug-likeness (QED) is 0.781. The first-order valence-corrected chi connectivity index (χ1v) is 6.94. The third-order valence-electron chi connectivity index (χ3n) is 2.67. The zero-order valence-corrected chi connectivity index (χ0v) is 11.2. The zero-order chi connectivity index (χ0) is 12.6. The Morgan fingerprint density at radius 3 is 2.61 bits per heavy atom. The Kier molecular flexibility index (Phi) is 5.33. The molecule has 0 aliphatic heterocycles. The highest BCUT2D eigenvalue weighted by atomic mass is 32.1. The summed E-state index contributed by atoms with van der Waals surface area (Å²) in [6, 6.07) is 8.26. The highest BCUT2D eigenvalue weighted by molar-refractivity contribution is 7.11. The summed E-state index contributed by atoms with van der Waals surface area (Å²) in [5.41, 5.74) is 6.88. The number of aryl methyl sites for hydroxylation is 1. The van der Waals surface area contributed by atoms with Crippen molar-refractivity contribution >= 4 is 11.3 Å². The number of pyridine rings is 1. The van der Waals surface area contributed by atoms with Gasteiger partial charge in [-0.2, -0.15) is 0 Å². The fraction of sp³-hybridized carbons (Fsp3) is 0.357. The van der Waals surface area contributed by atoms with E-state index in [2.05, 4.69) is 17.1 Å². The first-order valence-electron chi connectivity index (χ1n) is 6.13. The highest BCUT2D eigenvalue weighted by Crippen LogP contribution is 2.16. The molecule has 0 aliphatic carbocycles. The number of hydrogen-bond donors (Lipinski definition) is 1. The van der Waals surface area contributed by atoms with Crippen molar-refractivity contribution < 1.29 is 4.74 Å². The third kappa shape index (κ3) is 4.22. The van der Waals surface area contributed by atoms with Gasteiger partial charge < -0.3 is 10.5 Å². The summed E-state index contributed by atoms with van der Waals surface area (Å²) in [6.07, 6.45) is 5.74. The Labute approximate surface area is 112 Å². The highest BCUT2D eigenvalue weighted by Gasteiger charge is 1.99. The SMILES string of the molecule is NCc1ccc(COCCCc2ccncc2)s1. The van der Waals surface area contributed by atoms with Crippen LogP contribution in [0, 0.1) is 0 Å². The molecule has 0 unspecified atom stereocenters. The Hall–Kier alpha value is -1.23. The van der Waals surface area contributed by atoms with Crippen molar-refractivity contribution in [2.75, 3.05) is 6.61 Å². The molecule has 2 rings (SSSR count). The number of nitrogens with two attached hydrogens (primary N) is 1. The van der Waals surface area contributed by atoms with E-state index in [1.807, 2.05) is 24.5 Å². The standard InChI is InChI=1S/C14H18N2OS/c15-10-13-3-4-14(18-13)11-17-9-1-2-12-5-7-16-8-6-12/h3-8H,1-2,9-11,15H2. The maximum atomic E-state index is 5.65. The minimum absolute atomic E-state index is 0.618. The molecule has 2 aromatic heterocycles. The fourth-order valence-corrected chi connectivity index (χ4v) is 2.54. The topological polar surface area (TPSA) is 48.1 Å². The van der Waals surface area contributed by atoms with Gasteiger partial charge in [-0.3, -0.25) is 4.98 Å². The van der Waals surface area contributed by atoms with E-state index >= 15 is 0 Å². The van der Waals surface area contributed by atoms with Crippen LogP contribution < -0.4 is 5.73 Å². The maximum Gasteiger partial charge on any atom is 0.0809 e. The van der Waals surface area contributed by atoms with Gasteiger partial charge in [-0.05, 0) is 42.7 Å². The number of nitrogens with zero attached hydrogens (tertiary/aromatic N) is 1. The average Bonchev–Trinajstić information content (AvgIpc) is 2.87. The molecule has 0 aliphatic rings. The van der Waals surface area contributed by atoms with Crippen molar-refractivity contribution in [2.45, 2.75) is 26.0 Å². The van der Waals surface area contributed by atoms with E-state index in [0.29, 0.717) is 13.2 Å². The summed E-state index contributed by atoms with van der Waals surface area (Å²) < 4.78 is 5.65. The van der Waals surface area contributed by atoms with Gasteiger partial charge in [0.2, 0.25) is 0 Å². The average molecular weight is 262 g/mol. The lowest BCUT2D eigenvalue weighted by Gasteiger charge is -2.02. The molecule has 96 valence electrons. The Morgan fingerprint density at radius 1 is 1.11 bits per heavy atom. The summed E-state index contributed by atoms with van der Waals surface area (Å²) in [7, 11) is 0. The minimum atomic E-state index is 0.618. The maximum absolute atomic E-state index is 5.65. The van der Waals surface area contributed by atoms with Crippen molar-refractivity contribution in [3.63, 3.8) is 0 Å².